The predicted molar refractivity (Wildman–Crippen MR) is 60.0 cm³/mol. The van der Waals surface area contributed by atoms with Crippen LogP contribution in [-0.2, 0) is 6.42 Å². The zero-order valence-corrected chi connectivity index (χ0v) is 8.83. The van der Waals surface area contributed by atoms with Crippen molar-refractivity contribution in [3.05, 3.63) is 41.6 Å². The molecule has 0 spiro atoms. The molecule has 0 amide bonds. The standard InChI is InChI=1S/C10H11ClN4/c11-9-2-1-4-13-10(9)14-5-3-8-6-12-7-15-8/h1-2,4,6-7H,3,5H2,(H,12,15)(H,13,14). The monoisotopic (exact) mass is 222 g/mol. The number of imidazole rings is 1. The number of hydrogen-bond acceptors (Lipinski definition) is 3. The number of aromatic amines is 1. The summed E-state index contributed by atoms with van der Waals surface area (Å²) in [5.41, 5.74) is 1.09. The van der Waals surface area contributed by atoms with Crippen molar-refractivity contribution in [1.82, 2.24) is 15.0 Å². The maximum absolute atomic E-state index is 5.94. The number of aromatic nitrogens is 3. The largest absolute Gasteiger partial charge is 0.368 e. The zero-order valence-electron chi connectivity index (χ0n) is 8.07. The van der Waals surface area contributed by atoms with Crippen molar-refractivity contribution in [3.8, 4) is 0 Å². The van der Waals surface area contributed by atoms with Crippen LogP contribution >= 0.6 is 11.6 Å². The number of pyridine rings is 1. The van der Waals surface area contributed by atoms with Crippen LogP contribution in [0.15, 0.2) is 30.9 Å². The Morgan fingerprint density at radius 1 is 1.47 bits per heavy atom. The topological polar surface area (TPSA) is 53.6 Å². The molecule has 2 N–H and O–H groups in total. The second-order valence-corrected chi connectivity index (χ2v) is 3.49. The van der Waals surface area contributed by atoms with Crippen LogP contribution in [0, 0.1) is 0 Å². The van der Waals surface area contributed by atoms with Crippen LogP contribution in [0.3, 0.4) is 0 Å². The van der Waals surface area contributed by atoms with Gasteiger partial charge in [0.1, 0.15) is 5.82 Å². The molecule has 2 heterocycles. The van der Waals surface area contributed by atoms with E-state index in [9.17, 15) is 0 Å². The van der Waals surface area contributed by atoms with Gasteiger partial charge in [0.05, 0.1) is 11.3 Å². The van der Waals surface area contributed by atoms with Crippen LogP contribution in [0.25, 0.3) is 0 Å². The summed E-state index contributed by atoms with van der Waals surface area (Å²) >= 11 is 5.94. The lowest BCUT2D eigenvalue weighted by atomic mass is 10.3. The maximum atomic E-state index is 5.94. The van der Waals surface area contributed by atoms with Gasteiger partial charge in [0, 0.05) is 31.1 Å². The highest BCUT2D eigenvalue weighted by Crippen LogP contribution is 2.16. The van der Waals surface area contributed by atoms with Crippen molar-refractivity contribution < 1.29 is 0 Å². The number of halogens is 1. The second-order valence-electron chi connectivity index (χ2n) is 3.09. The van der Waals surface area contributed by atoms with Crippen molar-refractivity contribution in [2.24, 2.45) is 0 Å². The van der Waals surface area contributed by atoms with Gasteiger partial charge in [-0.15, -0.1) is 0 Å². The normalized spacial score (nSPS) is 10.2. The molecule has 2 aromatic rings. The third kappa shape index (κ3) is 2.70. The first-order chi connectivity index (χ1) is 7.36. The Kier molecular flexibility index (Phi) is 3.19. The van der Waals surface area contributed by atoms with Gasteiger partial charge in [-0.25, -0.2) is 9.97 Å². The summed E-state index contributed by atoms with van der Waals surface area (Å²) in [4.78, 5) is 11.1. The molecular weight excluding hydrogens is 212 g/mol. The van der Waals surface area contributed by atoms with E-state index < -0.39 is 0 Å². The van der Waals surface area contributed by atoms with E-state index in [-0.39, 0.29) is 0 Å². The molecule has 2 aromatic heterocycles. The van der Waals surface area contributed by atoms with Crippen LogP contribution in [-0.4, -0.2) is 21.5 Å². The van der Waals surface area contributed by atoms with E-state index in [0.717, 1.165) is 24.5 Å². The van der Waals surface area contributed by atoms with Gasteiger partial charge in [-0.05, 0) is 12.1 Å². The molecular formula is C10H11ClN4. The molecule has 0 bridgehead atoms. The minimum absolute atomic E-state index is 0.641. The third-order valence-corrected chi connectivity index (χ3v) is 2.31. The zero-order chi connectivity index (χ0) is 10.5. The maximum Gasteiger partial charge on any atom is 0.144 e. The van der Waals surface area contributed by atoms with E-state index >= 15 is 0 Å². The molecule has 2 rings (SSSR count). The molecule has 0 saturated carbocycles. The number of nitrogens with zero attached hydrogens (tertiary/aromatic N) is 2. The fourth-order valence-corrected chi connectivity index (χ4v) is 1.44. The van der Waals surface area contributed by atoms with Gasteiger partial charge < -0.3 is 10.3 Å². The Bertz CT molecular complexity index is 413. The summed E-state index contributed by atoms with van der Waals surface area (Å²) in [5.74, 6) is 0.721. The van der Waals surface area contributed by atoms with Crippen LogP contribution in [0.4, 0.5) is 5.82 Å². The summed E-state index contributed by atoms with van der Waals surface area (Å²) in [6.07, 6.45) is 6.06. The van der Waals surface area contributed by atoms with Gasteiger partial charge in [0.2, 0.25) is 0 Å². The van der Waals surface area contributed by atoms with Crippen molar-refractivity contribution >= 4 is 17.4 Å². The lowest BCUT2D eigenvalue weighted by Gasteiger charge is -2.05. The molecule has 0 aliphatic rings. The number of rotatable bonds is 4. The van der Waals surface area contributed by atoms with Gasteiger partial charge >= 0.3 is 0 Å². The quantitative estimate of drug-likeness (QED) is 0.833. The third-order valence-electron chi connectivity index (χ3n) is 2.00. The van der Waals surface area contributed by atoms with E-state index in [1.165, 1.54) is 0 Å². The molecule has 15 heavy (non-hydrogen) atoms. The minimum atomic E-state index is 0.641. The van der Waals surface area contributed by atoms with E-state index in [0.29, 0.717) is 5.02 Å². The molecule has 0 aliphatic heterocycles. The van der Waals surface area contributed by atoms with Crippen molar-refractivity contribution in [3.63, 3.8) is 0 Å². The highest BCUT2D eigenvalue weighted by atomic mass is 35.5. The number of H-pyrrole nitrogens is 1. The van der Waals surface area contributed by atoms with Gasteiger partial charge in [-0.2, -0.15) is 0 Å². The molecule has 5 heteroatoms. The summed E-state index contributed by atoms with van der Waals surface area (Å²) in [6, 6.07) is 3.62. The Balaban J connectivity index is 1.86. The Morgan fingerprint density at radius 3 is 3.13 bits per heavy atom. The predicted octanol–water partition coefficient (Wildman–Crippen LogP) is 2.11. The SMILES string of the molecule is Clc1cccnc1NCCc1cnc[nH]1. The molecule has 0 aliphatic carbocycles. The molecule has 0 atom stereocenters. The summed E-state index contributed by atoms with van der Waals surface area (Å²) in [7, 11) is 0. The van der Waals surface area contributed by atoms with Gasteiger partial charge in [0.15, 0.2) is 0 Å². The highest BCUT2D eigenvalue weighted by Gasteiger charge is 1.99. The summed E-state index contributed by atoms with van der Waals surface area (Å²) in [5, 5.41) is 3.80. The van der Waals surface area contributed by atoms with Crippen molar-refractivity contribution in [2.75, 3.05) is 11.9 Å². The first-order valence-electron chi connectivity index (χ1n) is 4.68. The first kappa shape index (κ1) is 9.98. The van der Waals surface area contributed by atoms with Crippen LogP contribution in [0.2, 0.25) is 5.02 Å². The number of hydrogen-bond donors (Lipinski definition) is 2. The van der Waals surface area contributed by atoms with Gasteiger partial charge in [0.25, 0.3) is 0 Å². The molecule has 0 aromatic carbocycles. The summed E-state index contributed by atoms with van der Waals surface area (Å²) < 4.78 is 0. The van der Waals surface area contributed by atoms with E-state index in [1.807, 2.05) is 18.3 Å². The average molecular weight is 223 g/mol. The smallest absolute Gasteiger partial charge is 0.144 e. The Hall–Kier alpha value is -1.55. The average Bonchev–Trinajstić information content (AvgIpc) is 2.74. The molecule has 0 saturated heterocycles. The summed E-state index contributed by atoms with van der Waals surface area (Å²) in [6.45, 7) is 0.777. The van der Waals surface area contributed by atoms with Gasteiger partial charge in [-0.1, -0.05) is 11.6 Å². The molecule has 0 fully saturated rings. The van der Waals surface area contributed by atoms with Crippen molar-refractivity contribution in [2.45, 2.75) is 6.42 Å². The molecule has 0 radical (unpaired) electrons. The molecule has 78 valence electrons. The molecule has 0 unspecified atom stereocenters. The Morgan fingerprint density at radius 2 is 2.40 bits per heavy atom. The van der Waals surface area contributed by atoms with Gasteiger partial charge in [-0.3, -0.25) is 0 Å². The van der Waals surface area contributed by atoms with Crippen LogP contribution < -0.4 is 5.32 Å². The lowest BCUT2D eigenvalue weighted by Crippen LogP contribution is -2.06. The minimum Gasteiger partial charge on any atom is -0.368 e. The molecule has 4 nitrogen and oxygen atoms in total. The van der Waals surface area contributed by atoms with E-state index in [2.05, 4.69) is 20.3 Å². The van der Waals surface area contributed by atoms with Crippen LogP contribution in [0.1, 0.15) is 5.69 Å². The van der Waals surface area contributed by atoms with E-state index in [4.69, 9.17) is 11.6 Å². The number of nitrogens with one attached hydrogen (secondary N) is 2. The fraction of sp³-hybridized carbons (Fsp3) is 0.200. The Labute approximate surface area is 92.7 Å². The highest BCUT2D eigenvalue weighted by molar-refractivity contribution is 6.32. The van der Waals surface area contributed by atoms with E-state index in [1.54, 1.807) is 12.5 Å². The first-order valence-corrected chi connectivity index (χ1v) is 5.05. The second kappa shape index (κ2) is 4.79. The van der Waals surface area contributed by atoms with Crippen LogP contribution in [0.5, 0.6) is 0 Å². The van der Waals surface area contributed by atoms with Crippen molar-refractivity contribution in [1.29, 1.82) is 0 Å². The lowest BCUT2D eigenvalue weighted by molar-refractivity contribution is 0.968. The fourth-order valence-electron chi connectivity index (χ4n) is 1.25. The number of anilines is 1.